The Labute approximate surface area is 135 Å². The van der Waals surface area contributed by atoms with E-state index >= 15 is 0 Å². The van der Waals surface area contributed by atoms with Gasteiger partial charge in [-0.25, -0.2) is 4.68 Å². The number of aryl methyl sites for hydroxylation is 1. The van der Waals surface area contributed by atoms with Crippen LogP contribution in [0.1, 0.15) is 52.9 Å². The molecule has 1 saturated carbocycles. The van der Waals surface area contributed by atoms with Crippen LogP contribution >= 0.6 is 15.9 Å². The van der Waals surface area contributed by atoms with E-state index in [1.807, 2.05) is 0 Å². The number of rotatable bonds is 5. The van der Waals surface area contributed by atoms with Gasteiger partial charge in [-0.05, 0) is 40.6 Å². The first-order chi connectivity index (χ1) is 10.0. The van der Waals surface area contributed by atoms with Gasteiger partial charge in [0.25, 0.3) is 5.56 Å². The number of halogens is 1. The smallest absolute Gasteiger partial charge is 0.283 e. The monoisotopic (exact) mass is 355 g/mol. The van der Waals surface area contributed by atoms with Crippen molar-refractivity contribution in [3.05, 3.63) is 21.0 Å². The number of anilines is 1. The molecule has 1 aliphatic rings. The third-order valence-corrected chi connectivity index (χ3v) is 5.52. The summed E-state index contributed by atoms with van der Waals surface area (Å²) in [6, 6.07) is 0.428. The Morgan fingerprint density at radius 2 is 2.19 bits per heavy atom. The minimum Gasteiger partial charge on any atom is -0.380 e. The lowest BCUT2D eigenvalue weighted by Gasteiger charge is -2.35. The molecule has 3 atom stereocenters. The molecule has 21 heavy (non-hydrogen) atoms. The molecule has 2 rings (SSSR count). The fraction of sp³-hybridized carbons (Fsp3) is 0.750. The molecule has 1 heterocycles. The number of unbranched alkanes of at least 4 members (excludes halogenated alkanes) is 1. The topological polar surface area (TPSA) is 46.9 Å². The SMILES string of the molecule is CCCCn1ncc(NC2CCCC(C)C2C)c(Br)c1=O. The fourth-order valence-corrected chi connectivity index (χ4v) is 3.44. The second kappa shape index (κ2) is 7.43. The van der Waals surface area contributed by atoms with E-state index in [2.05, 4.69) is 47.1 Å². The predicted molar refractivity (Wildman–Crippen MR) is 90.7 cm³/mol. The van der Waals surface area contributed by atoms with Gasteiger partial charge in [-0.15, -0.1) is 0 Å². The van der Waals surface area contributed by atoms with E-state index in [-0.39, 0.29) is 5.56 Å². The summed E-state index contributed by atoms with van der Waals surface area (Å²) in [6.45, 7) is 7.41. The second-order valence-electron chi connectivity index (χ2n) is 6.27. The second-order valence-corrected chi connectivity index (χ2v) is 7.07. The van der Waals surface area contributed by atoms with Gasteiger partial charge in [0, 0.05) is 12.6 Å². The Kier molecular flexibility index (Phi) is 5.85. The zero-order valence-electron chi connectivity index (χ0n) is 13.2. The summed E-state index contributed by atoms with van der Waals surface area (Å²) in [5.74, 6) is 1.35. The van der Waals surface area contributed by atoms with E-state index in [0.717, 1.165) is 30.9 Å². The molecule has 0 aromatic carbocycles. The maximum absolute atomic E-state index is 12.3. The number of hydrogen-bond donors (Lipinski definition) is 1. The number of nitrogens with one attached hydrogen (secondary N) is 1. The Bertz CT molecular complexity index is 529. The summed E-state index contributed by atoms with van der Waals surface area (Å²) < 4.78 is 2.16. The van der Waals surface area contributed by atoms with Crippen molar-refractivity contribution < 1.29 is 0 Å². The van der Waals surface area contributed by atoms with Gasteiger partial charge in [-0.3, -0.25) is 4.79 Å². The molecule has 1 aliphatic carbocycles. The maximum Gasteiger partial charge on any atom is 0.283 e. The highest BCUT2D eigenvalue weighted by molar-refractivity contribution is 9.10. The van der Waals surface area contributed by atoms with Crippen molar-refractivity contribution in [2.75, 3.05) is 5.32 Å². The average molecular weight is 356 g/mol. The van der Waals surface area contributed by atoms with Gasteiger partial charge >= 0.3 is 0 Å². The average Bonchev–Trinajstić information content (AvgIpc) is 2.48. The van der Waals surface area contributed by atoms with Crippen LogP contribution in [0.15, 0.2) is 15.5 Å². The molecule has 0 bridgehead atoms. The maximum atomic E-state index is 12.3. The third-order valence-electron chi connectivity index (χ3n) is 4.76. The lowest BCUT2D eigenvalue weighted by Crippen LogP contribution is -2.36. The third kappa shape index (κ3) is 3.87. The van der Waals surface area contributed by atoms with Crippen molar-refractivity contribution >= 4 is 21.6 Å². The highest BCUT2D eigenvalue weighted by Crippen LogP contribution is 2.32. The molecule has 1 fully saturated rings. The van der Waals surface area contributed by atoms with E-state index < -0.39 is 0 Å². The highest BCUT2D eigenvalue weighted by atomic mass is 79.9. The molecule has 118 valence electrons. The van der Waals surface area contributed by atoms with Crippen LogP contribution in [0.2, 0.25) is 0 Å². The molecule has 1 aromatic heterocycles. The minimum absolute atomic E-state index is 0.0371. The minimum atomic E-state index is -0.0371. The summed E-state index contributed by atoms with van der Waals surface area (Å²) >= 11 is 3.45. The molecule has 3 unspecified atom stereocenters. The van der Waals surface area contributed by atoms with Gasteiger partial charge in [-0.1, -0.05) is 40.0 Å². The normalized spacial score (nSPS) is 25.8. The molecule has 1 aromatic rings. The first-order valence-corrected chi connectivity index (χ1v) is 8.86. The van der Waals surface area contributed by atoms with Crippen molar-refractivity contribution in [2.24, 2.45) is 11.8 Å². The molecule has 0 saturated heterocycles. The van der Waals surface area contributed by atoms with Crippen molar-refractivity contribution in [1.29, 1.82) is 0 Å². The lowest BCUT2D eigenvalue weighted by molar-refractivity contribution is 0.253. The highest BCUT2D eigenvalue weighted by Gasteiger charge is 2.27. The van der Waals surface area contributed by atoms with Crippen molar-refractivity contribution in [3.63, 3.8) is 0 Å². The molecule has 0 amide bonds. The van der Waals surface area contributed by atoms with E-state index in [1.54, 1.807) is 10.9 Å². The van der Waals surface area contributed by atoms with E-state index in [9.17, 15) is 4.79 Å². The predicted octanol–water partition coefficient (Wildman–Crippen LogP) is 4.04. The van der Waals surface area contributed by atoms with Crippen LogP contribution in [0.5, 0.6) is 0 Å². The zero-order valence-corrected chi connectivity index (χ0v) is 14.8. The molecule has 5 heteroatoms. The van der Waals surface area contributed by atoms with E-state index in [0.29, 0.717) is 23.0 Å². The number of aromatic nitrogens is 2. The van der Waals surface area contributed by atoms with Crippen LogP contribution in [0.25, 0.3) is 0 Å². The Morgan fingerprint density at radius 3 is 2.90 bits per heavy atom. The van der Waals surface area contributed by atoms with Crippen LogP contribution in [0, 0.1) is 11.8 Å². The van der Waals surface area contributed by atoms with Crippen LogP contribution in [0.4, 0.5) is 5.69 Å². The van der Waals surface area contributed by atoms with Gasteiger partial charge < -0.3 is 5.32 Å². The lowest BCUT2D eigenvalue weighted by atomic mass is 9.78. The summed E-state index contributed by atoms with van der Waals surface area (Å²) in [7, 11) is 0. The largest absolute Gasteiger partial charge is 0.380 e. The molecule has 0 spiro atoms. The van der Waals surface area contributed by atoms with Crippen molar-refractivity contribution in [1.82, 2.24) is 9.78 Å². The summed E-state index contributed by atoms with van der Waals surface area (Å²) in [5.41, 5.74) is 0.795. The molecule has 0 radical (unpaired) electrons. The summed E-state index contributed by atoms with van der Waals surface area (Å²) in [6.07, 6.45) is 7.54. The first-order valence-electron chi connectivity index (χ1n) is 8.06. The molecular weight excluding hydrogens is 330 g/mol. The Morgan fingerprint density at radius 1 is 1.43 bits per heavy atom. The summed E-state index contributed by atoms with van der Waals surface area (Å²) in [5, 5.41) is 7.83. The molecule has 0 aliphatic heterocycles. The van der Waals surface area contributed by atoms with Crippen LogP contribution < -0.4 is 10.9 Å². The van der Waals surface area contributed by atoms with Crippen molar-refractivity contribution in [3.8, 4) is 0 Å². The standard InChI is InChI=1S/C16H26BrN3O/c1-4-5-9-20-16(21)15(17)14(10-18-20)19-13-8-6-7-11(2)12(13)3/h10-13,19H,4-9H2,1-3H3. The molecular formula is C16H26BrN3O. The van der Waals surface area contributed by atoms with Gasteiger partial charge in [0.15, 0.2) is 0 Å². The first kappa shape index (κ1) is 16.5. The van der Waals surface area contributed by atoms with Gasteiger partial charge in [0.2, 0.25) is 0 Å². The van der Waals surface area contributed by atoms with E-state index in [1.165, 1.54) is 12.8 Å². The number of hydrogen-bond acceptors (Lipinski definition) is 3. The Hall–Kier alpha value is -0.840. The fourth-order valence-electron chi connectivity index (χ4n) is 3.02. The molecule has 4 nitrogen and oxygen atoms in total. The molecule has 1 N–H and O–H groups in total. The van der Waals surface area contributed by atoms with Crippen LogP contribution in [0.3, 0.4) is 0 Å². The van der Waals surface area contributed by atoms with Gasteiger partial charge in [0.1, 0.15) is 4.47 Å². The van der Waals surface area contributed by atoms with Crippen molar-refractivity contribution in [2.45, 2.75) is 65.5 Å². The summed E-state index contributed by atoms with van der Waals surface area (Å²) in [4.78, 5) is 12.3. The zero-order chi connectivity index (χ0) is 15.4. The van der Waals surface area contributed by atoms with Gasteiger partial charge in [0.05, 0.1) is 11.9 Å². The van der Waals surface area contributed by atoms with Gasteiger partial charge in [-0.2, -0.15) is 5.10 Å². The Balaban J connectivity index is 2.14. The van der Waals surface area contributed by atoms with E-state index in [4.69, 9.17) is 0 Å². The van der Waals surface area contributed by atoms with Crippen LogP contribution in [-0.4, -0.2) is 15.8 Å². The quantitative estimate of drug-likeness (QED) is 0.866. The van der Waals surface area contributed by atoms with Crippen LogP contribution in [-0.2, 0) is 6.54 Å². The number of nitrogens with zero attached hydrogens (tertiary/aromatic N) is 2.